The lowest BCUT2D eigenvalue weighted by molar-refractivity contribution is -0.144. The van der Waals surface area contributed by atoms with Gasteiger partial charge < -0.3 is 20.1 Å². The van der Waals surface area contributed by atoms with Crippen molar-refractivity contribution in [2.24, 2.45) is 0 Å². The minimum absolute atomic E-state index is 0.0411. The Balaban J connectivity index is 2.62. The fourth-order valence-electron chi connectivity index (χ4n) is 1.92. The van der Waals surface area contributed by atoms with Crippen LogP contribution in [0.25, 0.3) is 0 Å². The van der Waals surface area contributed by atoms with Gasteiger partial charge in [-0.05, 0) is 13.3 Å². The van der Waals surface area contributed by atoms with Crippen LogP contribution in [0.15, 0.2) is 0 Å². The van der Waals surface area contributed by atoms with Crippen molar-refractivity contribution < 1.29 is 19.4 Å². The highest BCUT2D eigenvalue weighted by molar-refractivity contribution is 5.86. The minimum Gasteiger partial charge on any atom is -0.479 e. The molecule has 1 saturated heterocycles. The highest BCUT2D eigenvalue weighted by Gasteiger charge is 2.44. The summed E-state index contributed by atoms with van der Waals surface area (Å²) in [6.45, 7) is 5.56. The van der Waals surface area contributed by atoms with Gasteiger partial charge in [-0.15, -0.1) is 0 Å². The van der Waals surface area contributed by atoms with Gasteiger partial charge in [0.1, 0.15) is 0 Å². The van der Waals surface area contributed by atoms with E-state index in [2.05, 4.69) is 12.2 Å². The van der Waals surface area contributed by atoms with Gasteiger partial charge in [-0.1, -0.05) is 13.3 Å². The molecule has 18 heavy (non-hydrogen) atoms. The van der Waals surface area contributed by atoms with Crippen LogP contribution in [0.2, 0.25) is 0 Å². The number of hydrogen-bond acceptors (Lipinski definition) is 3. The normalized spacial score (nSPS) is 22.8. The molecule has 6 heteroatoms. The standard InChI is InChI=1S/C12H22N2O4/c1-3-5-7-14(4-2)11(17)13-12(10(15)16)6-8-18-9-12/h3-9H2,1-2H3,(H,13,17)(H,15,16). The average molecular weight is 258 g/mol. The Morgan fingerprint density at radius 1 is 1.44 bits per heavy atom. The Labute approximate surface area is 107 Å². The Morgan fingerprint density at radius 3 is 2.61 bits per heavy atom. The maximum Gasteiger partial charge on any atom is 0.332 e. The van der Waals surface area contributed by atoms with Crippen LogP contribution in [0.4, 0.5) is 4.79 Å². The second kappa shape index (κ2) is 6.58. The number of rotatable bonds is 6. The molecule has 104 valence electrons. The molecular formula is C12H22N2O4. The van der Waals surface area contributed by atoms with Gasteiger partial charge in [0.2, 0.25) is 0 Å². The summed E-state index contributed by atoms with van der Waals surface area (Å²) < 4.78 is 5.10. The highest BCUT2D eigenvalue weighted by Crippen LogP contribution is 2.19. The van der Waals surface area contributed by atoms with Gasteiger partial charge >= 0.3 is 12.0 Å². The summed E-state index contributed by atoms with van der Waals surface area (Å²) in [6.07, 6.45) is 2.23. The molecule has 0 aromatic carbocycles. The lowest BCUT2D eigenvalue weighted by Crippen LogP contribution is -2.58. The number of carboxylic acids is 1. The maximum atomic E-state index is 12.0. The lowest BCUT2D eigenvalue weighted by atomic mass is 9.99. The summed E-state index contributed by atoms with van der Waals surface area (Å²) in [5, 5.41) is 11.8. The number of unbranched alkanes of at least 4 members (excludes halogenated alkanes) is 1. The van der Waals surface area contributed by atoms with E-state index in [4.69, 9.17) is 4.74 Å². The quantitative estimate of drug-likeness (QED) is 0.746. The topological polar surface area (TPSA) is 78.9 Å². The summed E-state index contributed by atoms with van der Waals surface area (Å²) in [7, 11) is 0. The third-order valence-electron chi connectivity index (χ3n) is 3.23. The molecule has 1 unspecified atom stereocenters. The number of hydrogen-bond donors (Lipinski definition) is 2. The highest BCUT2D eigenvalue weighted by atomic mass is 16.5. The van der Waals surface area contributed by atoms with Gasteiger partial charge in [-0.2, -0.15) is 0 Å². The van der Waals surface area contributed by atoms with Crippen molar-refractivity contribution in [3.63, 3.8) is 0 Å². The van der Waals surface area contributed by atoms with E-state index in [9.17, 15) is 14.7 Å². The first kappa shape index (κ1) is 14.8. The van der Waals surface area contributed by atoms with Gasteiger partial charge in [-0.25, -0.2) is 9.59 Å². The molecular weight excluding hydrogens is 236 g/mol. The fourth-order valence-corrected chi connectivity index (χ4v) is 1.92. The largest absolute Gasteiger partial charge is 0.479 e. The Morgan fingerprint density at radius 2 is 2.17 bits per heavy atom. The number of nitrogens with one attached hydrogen (secondary N) is 1. The van der Waals surface area contributed by atoms with Gasteiger partial charge in [0.05, 0.1) is 6.61 Å². The predicted octanol–water partition coefficient (Wildman–Crippen LogP) is 1.06. The fraction of sp³-hybridized carbons (Fsp3) is 0.833. The van der Waals surface area contributed by atoms with E-state index in [0.717, 1.165) is 12.8 Å². The van der Waals surface area contributed by atoms with Crippen molar-refractivity contribution in [2.45, 2.75) is 38.6 Å². The van der Waals surface area contributed by atoms with E-state index >= 15 is 0 Å². The minimum atomic E-state index is -1.25. The zero-order valence-corrected chi connectivity index (χ0v) is 11.1. The predicted molar refractivity (Wildman–Crippen MR) is 66.5 cm³/mol. The first-order chi connectivity index (χ1) is 8.55. The Bertz CT molecular complexity index is 300. The Kier molecular flexibility index (Phi) is 5.40. The van der Waals surface area contributed by atoms with Crippen molar-refractivity contribution in [3.05, 3.63) is 0 Å². The number of amides is 2. The van der Waals surface area contributed by atoms with E-state index in [0.29, 0.717) is 26.1 Å². The third kappa shape index (κ3) is 3.35. The third-order valence-corrected chi connectivity index (χ3v) is 3.23. The SMILES string of the molecule is CCCCN(CC)C(=O)NC1(C(=O)O)CCOC1. The Hall–Kier alpha value is -1.30. The van der Waals surface area contributed by atoms with Gasteiger partial charge in [0.25, 0.3) is 0 Å². The van der Waals surface area contributed by atoms with Crippen LogP contribution in [0.3, 0.4) is 0 Å². The number of ether oxygens (including phenoxy) is 1. The number of aliphatic carboxylic acids is 1. The van der Waals surface area contributed by atoms with Crippen molar-refractivity contribution in [3.8, 4) is 0 Å². The lowest BCUT2D eigenvalue weighted by Gasteiger charge is -2.28. The molecule has 0 saturated carbocycles. The zero-order chi connectivity index (χ0) is 13.6. The smallest absolute Gasteiger partial charge is 0.332 e. The van der Waals surface area contributed by atoms with Gasteiger partial charge in [-0.3, -0.25) is 0 Å². The van der Waals surface area contributed by atoms with E-state index in [1.807, 2.05) is 6.92 Å². The molecule has 0 aliphatic carbocycles. The van der Waals surface area contributed by atoms with Crippen molar-refractivity contribution in [2.75, 3.05) is 26.3 Å². The number of urea groups is 1. The van der Waals surface area contributed by atoms with Crippen LogP contribution in [-0.2, 0) is 9.53 Å². The molecule has 0 aromatic heterocycles. The van der Waals surface area contributed by atoms with Crippen molar-refractivity contribution in [1.82, 2.24) is 10.2 Å². The number of carboxylic acid groups (broad SMARTS) is 1. The molecule has 2 amide bonds. The molecule has 1 aliphatic rings. The molecule has 1 aliphatic heterocycles. The second-order valence-electron chi connectivity index (χ2n) is 4.55. The van der Waals surface area contributed by atoms with E-state index in [1.165, 1.54) is 0 Å². The van der Waals surface area contributed by atoms with Crippen LogP contribution in [-0.4, -0.2) is 53.8 Å². The molecule has 1 heterocycles. The molecule has 0 radical (unpaired) electrons. The first-order valence-electron chi connectivity index (χ1n) is 6.44. The molecule has 1 rings (SSSR count). The van der Waals surface area contributed by atoms with Gasteiger partial charge in [0.15, 0.2) is 5.54 Å². The first-order valence-corrected chi connectivity index (χ1v) is 6.44. The average Bonchev–Trinajstić information content (AvgIpc) is 2.80. The van der Waals surface area contributed by atoms with E-state index in [-0.39, 0.29) is 12.6 Å². The number of nitrogens with zero attached hydrogens (tertiary/aromatic N) is 1. The molecule has 0 bridgehead atoms. The maximum absolute atomic E-state index is 12.0. The molecule has 2 N–H and O–H groups in total. The second-order valence-corrected chi connectivity index (χ2v) is 4.55. The molecule has 0 spiro atoms. The van der Waals surface area contributed by atoms with Crippen LogP contribution in [0.5, 0.6) is 0 Å². The molecule has 0 aromatic rings. The van der Waals surface area contributed by atoms with E-state index in [1.54, 1.807) is 4.90 Å². The molecule has 1 fully saturated rings. The van der Waals surface area contributed by atoms with Crippen LogP contribution >= 0.6 is 0 Å². The summed E-state index contributed by atoms with van der Waals surface area (Å²) in [6, 6.07) is -0.321. The summed E-state index contributed by atoms with van der Waals surface area (Å²) >= 11 is 0. The number of carbonyl (C=O) groups excluding carboxylic acids is 1. The summed E-state index contributed by atoms with van der Waals surface area (Å²) in [5.41, 5.74) is -1.25. The van der Waals surface area contributed by atoms with Crippen LogP contribution in [0.1, 0.15) is 33.1 Å². The molecule has 6 nitrogen and oxygen atoms in total. The van der Waals surface area contributed by atoms with Gasteiger partial charge in [0, 0.05) is 26.1 Å². The number of carbonyl (C=O) groups is 2. The van der Waals surface area contributed by atoms with Crippen LogP contribution < -0.4 is 5.32 Å². The van der Waals surface area contributed by atoms with Crippen molar-refractivity contribution in [1.29, 1.82) is 0 Å². The summed E-state index contributed by atoms with van der Waals surface area (Å²) in [4.78, 5) is 24.9. The van der Waals surface area contributed by atoms with Crippen LogP contribution in [0, 0.1) is 0 Å². The zero-order valence-electron chi connectivity index (χ0n) is 11.1. The summed E-state index contributed by atoms with van der Waals surface area (Å²) in [5.74, 6) is -1.03. The monoisotopic (exact) mass is 258 g/mol. The van der Waals surface area contributed by atoms with Crippen molar-refractivity contribution >= 4 is 12.0 Å². The van der Waals surface area contributed by atoms with E-state index < -0.39 is 11.5 Å². The molecule has 1 atom stereocenters.